The summed E-state index contributed by atoms with van der Waals surface area (Å²) >= 11 is 11.8. The molecular weight excluding hydrogens is 469 g/mol. The predicted molar refractivity (Wildman–Crippen MR) is 125 cm³/mol. The highest BCUT2D eigenvalue weighted by molar-refractivity contribution is 6.42. The third-order valence-corrected chi connectivity index (χ3v) is 5.85. The Labute approximate surface area is 202 Å². The maximum atomic E-state index is 12.5. The number of carbonyl (C=O) groups is 3. The van der Waals surface area contributed by atoms with Gasteiger partial charge in [-0.3, -0.25) is 9.59 Å². The summed E-state index contributed by atoms with van der Waals surface area (Å²) in [4.78, 5) is 38.9. The van der Waals surface area contributed by atoms with Crippen molar-refractivity contribution in [3.63, 3.8) is 0 Å². The summed E-state index contributed by atoms with van der Waals surface area (Å²) in [5, 5.41) is 0.568. The minimum Gasteiger partial charge on any atom is -0.490 e. The van der Waals surface area contributed by atoms with E-state index in [4.69, 9.17) is 37.4 Å². The van der Waals surface area contributed by atoms with E-state index in [0.717, 1.165) is 32.4 Å². The number of rotatable bonds is 9. The van der Waals surface area contributed by atoms with Gasteiger partial charge in [-0.05, 0) is 62.6 Å². The predicted octanol–water partition coefficient (Wildman–Crippen LogP) is 4.82. The molecule has 33 heavy (non-hydrogen) atoms. The molecule has 0 atom stereocenters. The van der Waals surface area contributed by atoms with Crippen LogP contribution in [0, 0.1) is 0 Å². The Hall–Kier alpha value is -2.77. The van der Waals surface area contributed by atoms with Crippen molar-refractivity contribution in [1.82, 2.24) is 4.90 Å². The minimum atomic E-state index is -0.694. The number of esters is 1. The van der Waals surface area contributed by atoms with Gasteiger partial charge in [0.25, 0.3) is 5.91 Å². The van der Waals surface area contributed by atoms with Crippen LogP contribution in [0.15, 0.2) is 36.4 Å². The lowest BCUT2D eigenvalue weighted by Crippen LogP contribution is -2.38. The van der Waals surface area contributed by atoms with Crippen molar-refractivity contribution in [3.8, 4) is 11.5 Å². The summed E-state index contributed by atoms with van der Waals surface area (Å²) in [5.74, 6) is -0.523. The van der Waals surface area contributed by atoms with E-state index < -0.39 is 18.4 Å². The summed E-state index contributed by atoms with van der Waals surface area (Å²) in [6, 6.07) is 8.94. The van der Waals surface area contributed by atoms with Gasteiger partial charge in [-0.1, -0.05) is 23.2 Å². The first-order valence-electron chi connectivity index (χ1n) is 10.7. The highest BCUT2D eigenvalue weighted by atomic mass is 35.5. The molecule has 1 aliphatic rings. The summed E-state index contributed by atoms with van der Waals surface area (Å²) in [7, 11) is 0. The highest BCUT2D eigenvalue weighted by Crippen LogP contribution is 2.29. The first-order chi connectivity index (χ1) is 15.9. The van der Waals surface area contributed by atoms with E-state index in [1.165, 1.54) is 30.3 Å². The third kappa shape index (κ3) is 6.85. The third-order valence-electron chi connectivity index (χ3n) is 5.12. The quantitative estimate of drug-likeness (QED) is 0.367. The lowest BCUT2D eigenvalue weighted by atomic mass is 10.1. The van der Waals surface area contributed by atoms with E-state index in [2.05, 4.69) is 0 Å². The number of likely N-dealkylation sites (tertiary alicyclic amines) is 1. The van der Waals surface area contributed by atoms with E-state index in [1.807, 2.05) is 0 Å². The van der Waals surface area contributed by atoms with Crippen LogP contribution >= 0.6 is 23.2 Å². The van der Waals surface area contributed by atoms with Crippen molar-refractivity contribution < 1.29 is 28.6 Å². The van der Waals surface area contributed by atoms with Gasteiger partial charge in [-0.2, -0.15) is 0 Å². The zero-order valence-corrected chi connectivity index (χ0v) is 19.8. The second-order valence-corrected chi connectivity index (χ2v) is 8.27. The van der Waals surface area contributed by atoms with E-state index in [-0.39, 0.29) is 28.7 Å². The Morgan fingerprint density at radius 3 is 2.27 bits per heavy atom. The monoisotopic (exact) mass is 493 g/mol. The SMILES string of the molecule is CCOc1cc(C(=O)OCC(=O)c2ccc(Cl)c(Cl)c2)ccc1OCC(=O)N1CCCCC1. The normalized spacial score (nSPS) is 13.4. The maximum absolute atomic E-state index is 12.5. The van der Waals surface area contributed by atoms with Crippen LogP contribution < -0.4 is 9.47 Å². The fourth-order valence-corrected chi connectivity index (χ4v) is 3.66. The molecule has 2 aromatic rings. The van der Waals surface area contributed by atoms with Crippen LogP contribution in [0.2, 0.25) is 10.0 Å². The number of carbonyl (C=O) groups excluding carboxylic acids is 3. The van der Waals surface area contributed by atoms with Gasteiger partial charge in [-0.15, -0.1) is 0 Å². The molecule has 0 bridgehead atoms. The molecule has 0 unspecified atom stereocenters. The molecule has 0 aliphatic carbocycles. The number of hydrogen-bond donors (Lipinski definition) is 0. The molecule has 9 heteroatoms. The average Bonchev–Trinajstić information content (AvgIpc) is 2.83. The molecule has 1 saturated heterocycles. The van der Waals surface area contributed by atoms with Crippen molar-refractivity contribution in [2.24, 2.45) is 0 Å². The van der Waals surface area contributed by atoms with E-state index in [0.29, 0.717) is 23.1 Å². The lowest BCUT2D eigenvalue weighted by Gasteiger charge is -2.26. The van der Waals surface area contributed by atoms with E-state index in [1.54, 1.807) is 17.9 Å². The Morgan fingerprint density at radius 2 is 1.58 bits per heavy atom. The van der Waals surface area contributed by atoms with Gasteiger partial charge in [-0.25, -0.2) is 4.79 Å². The standard InChI is InChI=1S/C24H25Cl2NO6/c1-2-31-22-13-17(7-9-21(22)32-15-23(29)27-10-4-3-5-11-27)24(30)33-14-20(28)16-6-8-18(25)19(26)12-16/h6-9,12-13H,2-5,10-11,14-15H2,1H3. The Bertz CT molecular complexity index is 1020. The van der Waals surface area contributed by atoms with Crippen molar-refractivity contribution >= 4 is 40.9 Å². The molecule has 0 aromatic heterocycles. The van der Waals surface area contributed by atoms with Gasteiger partial charge < -0.3 is 19.1 Å². The molecule has 1 amide bonds. The average molecular weight is 494 g/mol. The first-order valence-corrected chi connectivity index (χ1v) is 11.5. The number of benzene rings is 2. The van der Waals surface area contributed by atoms with Crippen molar-refractivity contribution in [2.75, 3.05) is 32.9 Å². The van der Waals surface area contributed by atoms with Crippen molar-refractivity contribution in [1.29, 1.82) is 0 Å². The van der Waals surface area contributed by atoms with Gasteiger partial charge in [0, 0.05) is 18.7 Å². The first kappa shape index (κ1) is 24.9. The van der Waals surface area contributed by atoms with Crippen LogP contribution in [-0.4, -0.2) is 55.5 Å². The molecule has 0 saturated carbocycles. The zero-order chi connectivity index (χ0) is 23.8. The van der Waals surface area contributed by atoms with Crippen LogP contribution in [0.1, 0.15) is 46.9 Å². The summed E-state index contributed by atoms with van der Waals surface area (Å²) in [6.07, 6.45) is 3.14. The topological polar surface area (TPSA) is 82.1 Å². The second-order valence-electron chi connectivity index (χ2n) is 7.45. The molecule has 0 N–H and O–H groups in total. The van der Waals surface area contributed by atoms with Crippen molar-refractivity contribution in [3.05, 3.63) is 57.6 Å². The fraction of sp³-hybridized carbons (Fsp3) is 0.375. The van der Waals surface area contributed by atoms with Crippen molar-refractivity contribution in [2.45, 2.75) is 26.2 Å². The van der Waals surface area contributed by atoms with E-state index in [9.17, 15) is 14.4 Å². The van der Waals surface area contributed by atoms with Gasteiger partial charge >= 0.3 is 5.97 Å². The van der Waals surface area contributed by atoms with Gasteiger partial charge in [0.15, 0.2) is 30.5 Å². The molecule has 3 rings (SSSR count). The van der Waals surface area contributed by atoms with Crippen LogP contribution in [0.5, 0.6) is 11.5 Å². The van der Waals surface area contributed by atoms with Gasteiger partial charge in [0.2, 0.25) is 0 Å². The molecule has 1 fully saturated rings. The Morgan fingerprint density at radius 1 is 0.848 bits per heavy atom. The van der Waals surface area contributed by atoms with Crippen LogP contribution in [0.25, 0.3) is 0 Å². The molecular formula is C24H25Cl2NO6. The maximum Gasteiger partial charge on any atom is 0.338 e. The lowest BCUT2D eigenvalue weighted by molar-refractivity contribution is -0.134. The number of nitrogens with zero attached hydrogens (tertiary/aromatic N) is 1. The molecule has 0 radical (unpaired) electrons. The number of halogens is 2. The summed E-state index contributed by atoms with van der Waals surface area (Å²) in [6.45, 7) is 3.05. The van der Waals surface area contributed by atoms with Gasteiger partial charge in [0.05, 0.1) is 22.2 Å². The van der Waals surface area contributed by atoms with Crippen LogP contribution in [0.4, 0.5) is 0 Å². The fourth-order valence-electron chi connectivity index (χ4n) is 3.36. The van der Waals surface area contributed by atoms with E-state index >= 15 is 0 Å². The summed E-state index contributed by atoms with van der Waals surface area (Å²) < 4.78 is 16.4. The Kier molecular flexibility index (Phi) is 8.97. The number of ether oxygens (including phenoxy) is 3. The number of hydrogen-bond acceptors (Lipinski definition) is 6. The van der Waals surface area contributed by atoms with Crippen LogP contribution in [0.3, 0.4) is 0 Å². The van der Waals surface area contributed by atoms with Crippen LogP contribution in [-0.2, 0) is 9.53 Å². The minimum absolute atomic E-state index is 0.0820. The largest absolute Gasteiger partial charge is 0.490 e. The number of ketones is 1. The highest BCUT2D eigenvalue weighted by Gasteiger charge is 2.19. The Balaban J connectivity index is 1.60. The molecule has 1 heterocycles. The second kappa shape index (κ2) is 11.9. The number of amides is 1. The number of Topliss-reactive ketones (excluding diaryl/α,β-unsaturated/α-hetero) is 1. The number of piperidine rings is 1. The summed E-state index contributed by atoms with van der Waals surface area (Å²) in [5.41, 5.74) is 0.476. The molecule has 0 spiro atoms. The smallest absolute Gasteiger partial charge is 0.338 e. The molecule has 2 aromatic carbocycles. The molecule has 7 nitrogen and oxygen atoms in total. The molecule has 176 valence electrons. The van der Waals surface area contributed by atoms with Gasteiger partial charge in [0.1, 0.15) is 0 Å². The molecule has 1 aliphatic heterocycles. The zero-order valence-electron chi connectivity index (χ0n) is 18.3.